The zero-order chi connectivity index (χ0) is 11.4. The number of nitrogen functional groups attached to an aromatic ring is 1. The Morgan fingerprint density at radius 2 is 2.13 bits per heavy atom. The van der Waals surface area contributed by atoms with Gasteiger partial charge in [0.1, 0.15) is 6.10 Å². The van der Waals surface area contributed by atoms with Crippen LogP contribution < -0.4 is 5.73 Å². The van der Waals surface area contributed by atoms with Crippen molar-refractivity contribution in [3.05, 3.63) is 29.3 Å². The van der Waals surface area contributed by atoms with Crippen molar-refractivity contribution in [2.75, 3.05) is 11.5 Å². The molecule has 0 aromatic heterocycles. The van der Waals surface area contributed by atoms with E-state index in [9.17, 15) is 10.2 Å². The van der Waals surface area contributed by atoms with Crippen LogP contribution in [0.15, 0.2) is 18.2 Å². The number of nitrogens with two attached hydrogens (primary N) is 1. The minimum absolute atomic E-state index is 0.121. The van der Waals surface area contributed by atoms with Crippen molar-refractivity contribution >= 4 is 18.3 Å². The summed E-state index contributed by atoms with van der Waals surface area (Å²) in [6.07, 6.45) is -2.11. The first-order valence-corrected chi connectivity index (χ1v) is 5.00. The van der Waals surface area contributed by atoms with Gasteiger partial charge in [-0.1, -0.05) is 6.07 Å². The summed E-state index contributed by atoms with van der Waals surface area (Å²) in [4.78, 5) is 0. The molecular formula is C10H12N2O2S. The molecule has 4 N–H and O–H groups in total. The minimum Gasteiger partial charge on any atom is -0.399 e. The molecule has 0 saturated carbocycles. The van der Waals surface area contributed by atoms with Crippen LogP contribution in [0.2, 0.25) is 0 Å². The Morgan fingerprint density at radius 1 is 1.47 bits per heavy atom. The van der Waals surface area contributed by atoms with E-state index >= 15 is 0 Å². The number of rotatable bonds is 3. The van der Waals surface area contributed by atoms with E-state index in [1.54, 1.807) is 6.07 Å². The molecule has 0 fully saturated rings. The zero-order valence-electron chi connectivity index (χ0n) is 7.96. The molecule has 0 heterocycles. The highest BCUT2D eigenvalue weighted by molar-refractivity contribution is 7.80. The van der Waals surface area contributed by atoms with Crippen LogP contribution in [0.1, 0.15) is 17.2 Å². The standard InChI is InChI=1S/C10H12N2O2S/c11-4-6-3-7(12)1-2-8(6)10(14)9(13)5-15/h1-3,9-10,13-15H,5,12H2. The average molecular weight is 224 g/mol. The smallest absolute Gasteiger partial charge is 0.107 e. The van der Waals surface area contributed by atoms with Crippen molar-refractivity contribution in [1.82, 2.24) is 0 Å². The molecule has 0 spiro atoms. The Kier molecular flexibility index (Phi) is 3.97. The van der Waals surface area contributed by atoms with Gasteiger partial charge in [-0.3, -0.25) is 0 Å². The Bertz CT molecular complexity index is 389. The van der Waals surface area contributed by atoms with Crippen molar-refractivity contribution < 1.29 is 10.2 Å². The highest BCUT2D eigenvalue weighted by Gasteiger charge is 2.19. The highest BCUT2D eigenvalue weighted by atomic mass is 32.1. The first kappa shape index (κ1) is 11.9. The van der Waals surface area contributed by atoms with Crippen molar-refractivity contribution in [3.8, 4) is 6.07 Å². The molecule has 0 amide bonds. The fraction of sp³-hybridized carbons (Fsp3) is 0.300. The van der Waals surface area contributed by atoms with Gasteiger partial charge in [0.2, 0.25) is 0 Å². The predicted octanol–water partition coefficient (Wildman–Crippen LogP) is 0.465. The highest BCUT2D eigenvalue weighted by Crippen LogP contribution is 2.23. The lowest BCUT2D eigenvalue weighted by atomic mass is 9.99. The van der Waals surface area contributed by atoms with E-state index in [2.05, 4.69) is 12.6 Å². The lowest BCUT2D eigenvalue weighted by molar-refractivity contribution is 0.0336. The van der Waals surface area contributed by atoms with E-state index in [0.29, 0.717) is 11.3 Å². The molecule has 2 unspecified atom stereocenters. The summed E-state index contributed by atoms with van der Waals surface area (Å²) < 4.78 is 0. The summed E-state index contributed by atoms with van der Waals surface area (Å²) in [6.45, 7) is 0. The summed E-state index contributed by atoms with van der Waals surface area (Å²) in [5.41, 5.74) is 6.58. The predicted molar refractivity (Wildman–Crippen MR) is 60.4 cm³/mol. The number of nitriles is 1. The summed E-state index contributed by atoms with van der Waals surface area (Å²) in [6, 6.07) is 6.49. The lowest BCUT2D eigenvalue weighted by Crippen LogP contribution is -2.20. The summed E-state index contributed by atoms with van der Waals surface area (Å²) in [5.74, 6) is 0.121. The van der Waals surface area contributed by atoms with Gasteiger partial charge in [0.25, 0.3) is 0 Å². The van der Waals surface area contributed by atoms with Gasteiger partial charge < -0.3 is 15.9 Å². The fourth-order valence-electron chi connectivity index (χ4n) is 1.24. The molecule has 80 valence electrons. The van der Waals surface area contributed by atoms with E-state index < -0.39 is 12.2 Å². The van der Waals surface area contributed by atoms with Gasteiger partial charge in [-0.15, -0.1) is 0 Å². The van der Waals surface area contributed by atoms with E-state index in [1.165, 1.54) is 12.1 Å². The van der Waals surface area contributed by atoms with Crippen molar-refractivity contribution in [2.24, 2.45) is 0 Å². The van der Waals surface area contributed by atoms with Crippen LogP contribution >= 0.6 is 12.6 Å². The molecule has 0 aliphatic heterocycles. The monoisotopic (exact) mass is 224 g/mol. The van der Waals surface area contributed by atoms with E-state index in [4.69, 9.17) is 11.0 Å². The number of anilines is 1. The molecule has 0 radical (unpaired) electrons. The number of nitrogens with zero attached hydrogens (tertiary/aromatic N) is 1. The Labute approximate surface area is 93.4 Å². The van der Waals surface area contributed by atoms with Gasteiger partial charge in [-0.25, -0.2) is 0 Å². The first-order chi connectivity index (χ1) is 7.10. The average Bonchev–Trinajstić information content (AvgIpc) is 2.26. The quantitative estimate of drug-likeness (QED) is 0.443. The molecule has 0 aliphatic rings. The van der Waals surface area contributed by atoms with E-state index in [1.807, 2.05) is 6.07 Å². The second kappa shape index (κ2) is 5.03. The third kappa shape index (κ3) is 2.63. The molecular weight excluding hydrogens is 212 g/mol. The molecule has 5 heteroatoms. The van der Waals surface area contributed by atoms with Crippen LogP contribution in [0.4, 0.5) is 5.69 Å². The van der Waals surface area contributed by atoms with Gasteiger partial charge >= 0.3 is 0 Å². The van der Waals surface area contributed by atoms with Crippen LogP contribution in [0.5, 0.6) is 0 Å². The molecule has 1 aromatic carbocycles. The number of aliphatic hydroxyl groups is 2. The third-order valence-corrected chi connectivity index (χ3v) is 2.44. The summed E-state index contributed by atoms with van der Waals surface area (Å²) in [7, 11) is 0. The normalized spacial score (nSPS) is 14.3. The first-order valence-electron chi connectivity index (χ1n) is 4.36. The Hall–Kier alpha value is -1.22. The van der Waals surface area contributed by atoms with Crippen molar-refractivity contribution in [2.45, 2.75) is 12.2 Å². The number of hydrogen-bond acceptors (Lipinski definition) is 5. The third-order valence-electron chi connectivity index (χ3n) is 2.07. The molecule has 2 atom stereocenters. The lowest BCUT2D eigenvalue weighted by Gasteiger charge is -2.17. The van der Waals surface area contributed by atoms with Crippen molar-refractivity contribution in [1.29, 1.82) is 5.26 Å². The largest absolute Gasteiger partial charge is 0.399 e. The van der Waals surface area contributed by atoms with Gasteiger partial charge in [0.05, 0.1) is 17.7 Å². The Balaban J connectivity index is 3.09. The van der Waals surface area contributed by atoms with Crippen LogP contribution in [-0.2, 0) is 0 Å². The molecule has 0 bridgehead atoms. The molecule has 15 heavy (non-hydrogen) atoms. The van der Waals surface area contributed by atoms with Crippen LogP contribution in [0.3, 0.4) is 0 Å². The maximum Gasteiger partial charge on any atom is 0.107 e. The summed E-state index contributed by atoms with van der Waals surface area (Å²) >= 11 is 3.87. The van der Waals surface area contributed by atoms with Crippen LogP contribution in [0, 0.1) is 11.3 Å². The van der Waals surface area contributed by atoms with Crippen molar-refractivity contribution in [3.63, 3.8) is 0 Å². The maximum atomic E-state index is 9.70. The molecule has 1 aromatic rings. The molecule has 0 saturated heterocycles. The molecule has 4 nitrogen and oxygen atoms in total. The van der Waals surface area contributed by atoms with Gasteiger partial charge in [-0.05, 0) is 12.1 Å². The SMILES string of the molecule is N#Cc1cc(N)ccc1C(O)C(O)CS. The van der Waals surface area contributed by atoms with Gasteiger partial charge in [0, 0.05) is 17.0 Å². The summed E-state index contributed by atoms with van der Waals surface area (Å²) in [5, 5.41) is 27.9. The number of hydrogen-bond donors (Lipinski definition) is 4. The topological polar surface area (TPSA) is 90.3 Å². The van der Waals surface area contributed by atoms with Crippen LogP contribution in [-0.4, -0.2) is 22.1 Å². The number of benzene rings is 1. The van der Waals surface area contributed by atoms with Gasteiger partial charge in [-0.2, -0.15) is 17.9 Å². The Morgan fingerprint density at radius 3 is 2.67 bits per heavy atom. The number of aliphatic hydroxyl groups excluding tert-OH is 2. The van der Waals surface area contributed by atoms with Crippen LogP contribution in [0.25, 0.3) is 0 Å². The maximum absolute atomic E-state index is 9.70. The fourth-order valence-corrected chi connectivity index (χ4v) is 1.44. The zero-order valence-corrected chi connectivity index (χ0v) is 8.85. The molecule has 1 rings (SSSR count). The van der Waals surface area contributed by atoms with Gasteiger partial charge in [0.15, 0.2) is 0 Å². The van der Waals surface area contributed by atoms with E-state index in [-0.39, 0.29) is 11.3 Å². The van der Waals surface area contributed by atoms with E-state index in [0.717, 1.165) is 0 Å². The second-order valence-electron chi connectivity index (χ2n) is 3.15. The molecule has 0 aliphatic carbocycles. The number of thiol groups is 1. The minimum atomic E-state index is -1.11. The second-order valence-corrected chi connectivity index (χ2v) is 3.52.